The van der Waals surface area contributed by atoms with E-state index in [4.69, 9.17) is 4.55 Å². The molecule has 1 N–H and O–H groups in total. The molecule has 19 heavy (non-hydrogen) atoms. The number of aryl methyl sites for hydroxylation is 1. The van der Waals surface area contributed by atoms with Crippen molar-refractivity contribution in [3.8, 4) is 0 Å². The number of carbonyl (C=O) groups is 1. The van der Waals surface area contributed by atoms with E-state index in [1.54, 1.807) is 0 Å². The number of carbonyl (C=O) groups excluding carboxylic acids is 1. The maximum Gasteiger partial charge on any atom is 0.416 e. The van der Waals surface area contributed by atoms with Gasteiger partial charge in [-0.05, 0) is 30.2 Å². The molecule has 1 atom stereocenters. The zero-order valence-electron chi connectivity index (χ0n) is 10.1. The number of esters is 1. The Bertz CT molecular complexity index is 525. The highest BCUT2D eigenvalue weighted by Crippen LogP contribution is 2.34. The molecule has 1 unspecified atom stereocenters. The molecule has 0 heterocycles. The molecule has 8 heteroatoms. The third-order valence-electron chi connectivity index (χ3n) is 2.44. The zero-order valence-corrected chi connectivity index (χ0v) is 10.9. The molecule has 0 saturated heterocycles. The predicted molar refractivity (Wildman–Crippen MR) is 62.0 cm³/mol. The van der Waals surface area contributed by atoms with E-state index in [9.17, 15) is 22.2 Å². The van der Waals surface area contributed by atoms with Gasteiger partial charge in [-0.15, -0.1) is 0 Å². The molecule has 0 bridgehead atoms. The van der Waals surface area contributed by atoms with Crippen molar-refractivity contribution in [3.05, 3.63) is 34.4 Å². The van der Waals surface area contributed by atoms with E-state index in [2.05, 4.69) is 4.74 Å². The number of halogens is 3. The smallest absolute Gasteiger partial charge is 0.416 e. The standard InChI is InChI=1S/C11H11F3O4S/c1-6-3-9(11(12,13)14)7(5-19(16)17)4-8(6)10(15)18-2/h3-4H,5H2,1-2H3,(H,16,17). The van der Waals surface area contributed by atoms with Crippen molar-refractivity contribution in [1.82, 2.24) is 0 Å². The molecule has 1 aromatic rings. The molecule has 1 rings (SSSR count). The van der Waals surface area contributed by atoms with Crippen molar-refractivity contribution in [2.24, 2.45) is 0 Å². The second-order valence-electron chi connectivity index (χ2n) is 3.78. The lowest BCUT2D eigenvalue weighted by Gasteiger charge is -2.15. The molecule has 4 nitrogen and oxygen atoms in total. The Labute approximate surface area is 109 Å². The summed E-state index contributed by atoms with van der Waals surface area (Å²) in [5.41, 5.74) is -1.41. The lowest BCUT2D eigenvalue weighted by molar-refractivity contribution is -0.138. The molecule has 1 aromatic carbocycles. The molecular formula is C11H11F3O4S. The third-order valence-corrected chi connectivity index (χ3v) is 3.00. The Morgan fingerprint density at radius 1 is 1.42 bits per heavy atom. The fourth-order valence-electron chi connectivity index (χ4n) is 1.60. The minimum Gasteiger partial charge on any atom is -0.465 e. The van der Waals surface area contributed by atoms with E-state index in [1.165, 1.54) is 6.92 Å². The Morgan fingerprint density at radius 2 is 2.00 bits per heavy atom. The SMILES string of the molecule is COC(=O)c1cc(CS(=O)O)c(C(F)(F)F)cc1C. The Balaban J connectivity index is 3.45. The molecule has 0 aromatic heterocycles. The van der Waals surface area contributed by atoms with Gasteiger partial charge < -0.3 is 9.29 Å². The molecule has 0 aliphatic rings. The minimum absolute atomic E-state index is 0.0593. The van der Waals surface area contributed by atoms with Crippen LogP contribution in [0, 0.1) is 6.92 Å². The van der Waals surface area contributed by atoms with Gasteiger partial charge in [-0.25, -0.2) is 9.00 Å². The first-order valence-electron chi connectivity index (χ1n) is 5.03. The van der Waals surface area contributed by atoms with Crippen molar-refractivity contribution in [2.45, 2.75) is 18.9 Å². The van der Waals surface area contributed by atoms with E-state index in [-0.39, 0.29) is 11.1 Å². The van der Waals surface area contributed by atoms with Gasteiger partial charge in [0.2, 0.25) is 0 Å². The molecule has 0 saturated carbocycles. The summed E-state index contributed by atoms with van der Waals surface area (Å²) in [6.45, 7) is 1.33. The molecule has 106 valence electrons. The molecule has 0 spiro atoms. The average molecular weight is 296 g/mol. The maximum absolute atomic E-state index is 12.8. The summed E-state index contributed by atoms with van der Waals surface area (Å²) in [4.78, 5) is 11.4. The highest BCUT2D eigenvalue weighted by atomic mass is 32.2. The summed E-state index contributed by atoms with van der Waals surface area (Å²) >= 11 is -2.44. The number of methoxy groups -OCH3 is 1. The Morgan fingerprint density at radius 3 is 2.42 bits per heavy atom. The van der Waals surface area contributed by atoms with E-state index in [0.29, 0.717) is 0 Å². The fourth-order valence-corrected chi connectivity index (χ4v) is 2.10. The summed E-state index contributed by atoms with van der Waals surface area (Å²) in [6.07, 6.45) is -4.66. The van der Waals surface area contributed by atoms with Crippen LogP contribution in [0.3, 0.4) is 0 Å². The van der Waals surface area contributed by atoms with Crippen molar-refractivity contribution < 1.29 is 31.5 Å². The quantitative estimate of drug-likeness (QED) is 0.687. The molecule has 0 fully saturated rings. The van der Waals surface area contributed by atoms with Crippen LogP contribution >= 0.6 is 0 Å². The van der Waals surface area contributed by atoms with Crippen LogP contribution in [0.5, 0.6) is 0 Å². The number of benzene rings is 1. The van der Waals surface area contributed by atoms with Gasteiger partial charge in [-0.1, -0.05) is 0 Å². The van der Waals surface area contributed by atoms with Gasteiger partial charge in [0.15, 0.2) is 11.1 Å². The van der Waals surface area contributed by atoms with E-state index >= 15 is 0 Å². The summed E-state index contributed by atoms with van der Waals surface area (Å²) in [7, 11) is 1.10. The summed E-state index contributed by atoms with van der Waals surface area (Å²) < 4.78 is 62.3. The highest BCUT2D eigenvalue weighted by molar-refractivity contribution is 7.78. The van der Waals surface area contributed by atoms with Gasteiger partial charge in [-0.2, -0.15) is 13.2 Å². The molecule has 0 aliphatic carbocycles. The van der Waals surface area contributed by atoms with Gasteiger partial charge in [0, 0.05) is 0 Å². The van der Waals surface area contributed by atoms with Crippen molar-refractivity contribution in [1.29, 1.82) is 0 Å². The topological polar surface area (TPSA) is 63.6 Å². The Hall–Kier alpha value is -1.41. The summed E-state index contributed by atoms with van der Waals surface area (Å²) in [5.74, 6) is -1.50. The minimum atomic E-state index is -4.66. The third kappa shape index (κ3) is 3.77. The predicted octanol–water partition coefficient (Wildman–Crippen LogP) is 2.52. The number of rotatable bonds is 3. The number of hydrogen-bond acceptors (Lipinski definition) is 3. The lowest BCUT2D eigenvalue weighted by Crippen LogP contribution is -2.14. The van der Waals surface area contributed by atoms with Crippen molar-refractivity contribution >= 4 is 17.0 Å². The van der Waals surface area contributed by atoms with Crippen LogP contribution in [0.2, 0.25) is 0 Å². The highest BCUT2D eigenvalue weighted by Gasteiger charge is 2.34. The van der Waals surface area contributed by atoms with Crippen LogP contribution in [0.1, 0.15) is 27.0 Å². The first-order valence-corrected chi connectivity index (χ1v) is 6.31. The monoisotopic (exact) mass is 296 g/mol. The number of hydrogen-bond donors (Lipinski definition) is 1. The van der Waals surface area contributed by atoms with Crippen LogP contribution in [-0.2, 0) is 27.7 Å². The van der Waals surface area contributed by atoms with Gasteiger partial charge >= 0.3 is 12.1 Å². The van der Waals surface area contributed by atoms with Gasteiger partial charge in [0.05, 0.1) is 24.0 Å². The van der Waals surface area contributed by atoms with Crippen LogP contribution in [0.15, 0.2) is 12.1 Å². The molecule has 0 radical (unpaired) electrons. The lowest BCUT2D eigenvalue weighted by atomic mass is 9.99. The second-order valence-corrected chi connectivity index (χ2v) is 4.71. The first kappa shape index (κ1) is 15.6. The van der Waals surface area contributed by atoms with Crippen molar-refractivity contribution in [2.75, 3.05) is 7.11 Å². The fraction of sp³-hybridized carbons (Fsp3) is 0.364. The van der Waals surface area contributed by atoms with Crippen LogP contribution in [-0.4, -0.2) is 21.8 Å². The Kier molecular flexibility index (Phi) is 4.70. The number of ether oxygens (including phenoxy) is 1. The van der Waals surface area contributed by atoms with Gasteiger partial charge in [-0.3, -0.25) is 0 Å². The molecule has 0 aliphatic heterocycles. The average Bonchev–Trinajstić information content (AvgIpc) is 2.28. The van der Waals surface area contributed by atoms with Crippen LogP contribution in [0.4, 0.5) is 13.2 Å². The summed E-state index contributed by atoms with van der Waals surface area (Å²) in [6, 6.07) is 1.71. The molecule has 0 amide bonds. The van der Waals surface area contributed by atoms with Gasteiger partial charge in [0.1, 0.15) is 0 Å². The van der Waals surface area contributed by atoms with Crippen LogP contribution in [0.25, 0.3) is 0 Å². The number of alkyl halides is 3. The van der Waals surface area contributed by atoms with Crippen molar-refractivity contribution in [3.63, 3.8) is 0 Å². The summed E-state index contributed by atoms with van der Waals surface area (Å²) in [5, 5.41) is 0. The second kappa shape index (κ2) is 5.70. The largest absolute Gasteiger partial charge is 0.465 e. The normalized spacial score (nSPS) is 13.2. The van der Waals surface area contributed by atoms with E-state index < -0.39 is 40.1 Å². The zero-order chi connectivity index (χ0) is 14.8. The van der Waals surface area contributed by atoms with Crippen LogP contribution < -0.4 is 0 Å². The van der Waals surface area contributed by atoms with E-state index in [0.717, 1.165) is 19.2 Å². The van der Waals surface area contributed by atoms with Gasteiger partial charge in [0.25, 0.3) is 0 Å². The maximum atomic E-state index is 12.8. The van der Waals surface area contributed by atoms with E-state index in [1.807, 2.05) is 0 Å². The molecular weight excluding hydrogens is 285 g/mol. The first-order chi connectivity index (χ1) is 8.66.